The molecule has 1 unspecified atom stereocenters. The van der Waals surface area contributed by atoms with Gasteiger partial charge in [-0.05, 0) is 125 Å². The minimum Gasteiger partial charge on any atom is -0.497 e. The predicted octanol–water partition coefficient (Wildman–Crippen LogP) is 10.1. The van der Waals surface area contributed by atoms with Crippen LogP contribution in [0.2, 0.25) is 0 Å². The van der Waals surface area contributed by atoms with Crippen molar-refractivity contribution >= 4 is 33.8 Å². The van der Waals surface area contributed by atoms with Gasteiger partial charge in [0.25, 0.3) is 0 Å². The Morgan fingerprint density at radius 3 is 2.18 bits per heavy atom. The fourth-order valence-corrected chi connectivity index (χ4v) is 8.80. The Balaban J connectivity index is 1.00. The van der Waals surface area contributed by atoms with Gasteiger partial charge in [0.05, 0.1) is 31.5 Å². The zero-order valence-corrected chi connectivity index (χ0v) is 37.0. The van der Waals surface area contributed by atoms with Gasteiger partial charge in [0.1, 0.15) is 47.5 Å². The second-order valence-electron chi connectivity index (χ2n) is 17.0. The monoisotopic (exact) mass is 884 g/mol. The van der Waals surface area contributed by atoms with E-state index in [0.717, 1.165) is 90.7 Å². The van der Waals surface area contributed by atoms with E-state index in [4.69, 9.17) is 35.2 Å². The summed E-state index contributed by atoms with van der Waals surface area (Å²) >= 11 is 0. The Morgan fingerprint density at radius 1 is 0.712 bits per heavy atom. The molecule has 0 amide bonds. The Morgan fingerprint density at radius 2 is 1.42 bits per heavy atom. The summed E-state index contributed by atoms with van der Waals surface area (Å²) in [6, 6.07) is 39.6. The second kappa shape index (κ2) is 19.0. The molecule has 1 aliphatic rings. The number of carboxylic acid groups (broad SMARTS) is 2. The van der Waals surface area contributed by atoms with Crippen molar-refractivity contribution in [2.75, 3.05) is 7.11 Å². The summed E-state index contributed by atoms with van der Waals surface area (Å²) in [6.45, 7) is 3.35. The van der Waals surface area contributed by atoms with Gasteiger partial charge in [0, 0.05) is 47.0 Å². The van der Waals surface area contributed by atoms with E-state index in [1.54, 1.807) is 43.5 Å². The van der Waals surface area contributed by atoms with Gasteiger partial charge in [0.2, 0.25) is 0 Å². The van der Waals surface area contributed by atoms with Gasteiger partial charge < -0.3 is 40.3 Å². The molecule has 0 aliphatic heterocycles. The summed E-state index contributed by atoms with van der Waals surface area (Å²) in [7, 11) is 1.57. The van der Waals surface area contributed by atoms with Crippen LogP contribution in [0.1, 0.15) is 76.6 Å². The topological polar surface area (TPSA) is 185 Å². The first-order valence-electron chi connectivity index (χ1n) is 22.2. The highest BCUT2D eigenvalue weighted by Gasteiger charge is 2.32. The number of aliphatic carboxylic acids is 2. The number of fused-ring (bicyclic) bond motifs is 2. The first-order valence-corrected chi connectivity index (χ1v) is 22.2. The van der Waals surface area contributed by atoms with E-state index in [0.29, 0.717) is 53.8 Å². The van der Waals surface area contributed by atoms with Gasteiger partial charge in [-0.15, -0.1) is 0 Å². The van der Waals surface area contributed by atoms with Gasteiger partial charge in [-0.2, -0.15) is 5.10 Å². The summed E-state index contributed by atoms with van der Waals surface area (Å²) in [5, 5.41) is 26.0. The van der Waals surface area contributed by atoms with Crippen molar-refractivity contribution in [3.8, 4) is 39.5 Å². The summed E-state index contributed by atoms with van der Waals surface area (Å²) in [6.07, 6.45) is 2.50. The van der Waals surface area contributed by atoms with Crippen LogP contribution in [0.4, 0.5) is 0 Å². The van der Waals surface area contributed by atoms with Crippen LogP contribution in [-0.2, 0) is 55.2 Å². The predicted molar refractivity (Wildman–Crippen MR) is 254 cm³/mol. The van der Waals surface area contributed by atoms with Crippen LogP contribution in [0.5, 0.6) is 17.2 Å². The van der Waals surface area contributed by atoms with E-state index < -0.39 is 11.9 Å². The molecule has 1 saturated carbocycles. The molecule has 1 aliphatic carbocycles. The molecule has 0 spiro atoms. The van der Waals surface area contributed by atoms with Gasteiger partial charge in [-0.1, -0.05) is 60.7 Å². The standard InChI is InChI=1S/C54H52N4O8/c1-32(58-49-17-14-39(36-7-3-6-34(20-36)28-55)25-46(49)48(57-58)31-64-44-8-4-5-33(21-44)22-52(59)60)19-37-11-12-38(23-42(37)29-56)40-15-18-50-45(24-40)47(54(66-50)35-9-10-35)30-65-51-27-43(63-2)16-13-41(51)26-53(61)62/h3-8,11-18,20-21,23-25,27,32,35H,9-10,19,22,26,28-31,55-56H2,1-2H3,(H,59,60)(H,61,62). The molecular weight excluding hydrogens is 833 g/mol. The summed E-state index contributed by atoms with van der Waals surface area (Å²) in [4.78, 5) is 23.1. The molecule has 0 saturated heterocycles. The Kier molecular flexibility index (Phi) is 12.6. The molecule has 2 aromatic heterocycles. The Labute approximate surface area is 382 Å². The third-order valence-corrected chi connectivity index (χ3v) is 12.4. The van der Waals surface area contributed by atoms with Crippen LogP contribution in [0.15, 0.2) is 126 Å². The number of carboxylic acids is 2. The first-order chi connectivity index (χ1) is 32.1. The van der Waals surface area contributed by atoms with E-state index in [2.05, 4.69) is 72.3 Å². The molecule has 9 rings (SSSR count). The number of benzene rings is 6. The molecule has 2 heterocycles. The number of aromatic nitrogens is 2. The van der Waals surface area contributed by atoms with E-state index in [9.17, 15) is 19.8 Å². The lowest BCUT2D eigenvalue weighted by Gasteiger charge is -2.17. The van der Waals surface area contributed by atoms with Gasteiger partial charge >= 0.3 is 11.9 Å². The van der Waals surface area contributed by atoms with Gasteiger partial charge in [-0.3, -0.25) is 14.3 Å². The van der Waals surface area contributed by atoms with Crippen molar-refractivity contribution in [2.24, 2.45) is 11.5 Å². The maximum absolute atomic E-state index is 11.7. The summed E-state index contributed by atoms with van der Waals surface area (Å²) in [5.41, 5.74) is 24.5. The molecule has 0 bridgehead atoms. The zero-order chi connectivity index (χ0) is 45.9. The SMILES string of the molecule is COc1ccc(CC(=O)O)c(OCc2c(C3CC3)oc3ccc(-c4ccc(CC(C)n5nc(COc6cccc(CC(=O)O)c6)c6cc(-c7cccc(CN)c7)ccc65)c(CN)c4)cc23)c1. The number of methoxy groups -OCH3 is 1. The highest BCUT2D eigenvalue weighted by molar-refractivity contribution is 5.89. The number of nitrogens with zero attached hydrogens (tertiary/aromatic N) is 2. The van der Waals surface area contributed by atoms with Crippen LogP contribution in [0.25, 0.3) is 44.1 Å². The largest absolute Gasteiger partial charge is 0.497 e. The average Bonchev–Trinajstić information content (AvgIpc) is 4.02. The van der Waals surface area contributed by atoms with Crippen LogP contribution in [0.3, 0.4) is 0 Å². The fourth-order valence-electron chi connectivity index (χ4n) is 8.80. The smallest absolute Gasteiger partial charge is 0.307 e. The van der Waals surface area contributed by atoms with Crippen molar-refractivity contribution in [1.82, 2.24) is 9.78 Å². The number of ether oxygens (including phenoxy) is 3. The minimum absolute atomic E-state index is 0.0611. The molecule has 12 heteroatoms. The lowest BCUT2D eigenvalue weighted by Crippen LogP contribution is -2.13. The maximum Gasteiger partial charge on any atom is 0.307 e. The van der Waals surface area contributed by atoms with E-state index in [-0.39, 0.29) is 32.1 Å². The molecule has 8 aromatic rings. The van der Waals surface area contributed by atoms with Crippen LogP contribution >= 0.6 is 0 Å². The van der Waals surface area contributed by atoms with Gasteiger partial charge in [-0.25, -0.2) is 0 Å². The third kappa shape index (κ3) is 9.51. The average molecular weight is 885 g/mol. The molecule has 1 atom stereocenters. The van der Waals surface area contributed by atoms with Crippen LogP contribution in [0, 0.1) is 0 Å². The number of carbonyl (C=O) groups is 2. The number of nitrogens with two attached hydrogens (primary N) is 2. The first kappa shape index (κ1) is 43.8. The molecule has 12 nitrogen and oxygen atoms in total. The highest BCUT2D eigenvalue weighted by atomic mass is 16.5. The summed E-state index contributed by atoms with van der Waals surface area (Å²) in [5.74, 6) is 1.02. The molecular formula is C54H52N4O8. The zero-order valence-electron chi connectivity index (χ0n) is 37.0. The van der Waals surface area contributed by atoms with Gasteiger partial charge in [0.15, 0.2) is 0 Å². The molecule has 6 N–H and O–H groups in total. The Bertz CT molecular complexity index is 3090. The van der Waals surface area contributed by atoms with Crippen molar-refractivity contribution in [2.45, 2.75) is 77.3 Å². The number of rotatable bonds is 19. The normalized spacial score (nSPS) is 13.0. The van der Waals surface area contributed by atoms with Crippen molar-refractivity contribution < 1.29 is 38.4 Å². The lowest BCUT2D eigenvalue weighted by atomic mass is 9.94. The molecule has 1 fully saturated rings. The minimum atomic E-state index is -0.940. The van der Waals surface area contributed by atoms with E-state index in [1.807, 2.05) is 24.3 Å². The van der Waals surface area contributed by atoms with Crippen molar-refractivity contribution in [1.29, 1.82) is 0 Å². The highest BCUT2D eigenvalue weighted by Crippen LogP contribution is 2.46. The molecule has 336 valence electrons. The lowest BCUT2D eigenvalue weighted by molar-refractivity contribution is -0.137. The fraction of sp³-hybridized carbons (Fsp3) is 0.241. The van der Waals surface area contributed by atoms with E-state index in [1.165, 1.54) is 0 Å². The molecule has 0 radical (unpaired) electrons. The maximum atomic E-state index is 11.7. The van der Waals surface area contributed by atoms with Crippen LogP contribution in [-0.4, -0.2) is 39.0 Å². The molecule has 66 heavy (non-hydrogen) atoms. The Hall–Kier alpha value is -7.41. The number of furan rings is 1. The number of hydrogen-bond acceptors (Lipinski definition) is 9. The summed E-state index contributed by atoms with van der Waals surface area (Å²) < 4.78 is 26.6. The van der Waals surface area contributed by atoms with Crippen molar-refractivity contribution in [3.05, 3.63) is 166 Å². The second-order valence-corrected chi connectivity index (χ2v) is 17.0. The quantitative estimate of drug-likeness (QED) is 0.0606. The number of hydrogen-bond donors (Lipinski definition) is 4. The third-order valence-electron chi connectivity index (χ3n) is 12.4. The molecule has 6 aromatic carbocycles. The van der Waals surface area contributed by atoms with Crippen molar-refractivity contribution in [3.63, 3.8) is 0 Å². The van der Waals surface area contributed by atoms with Crippen LogP contribution < -0.4 is 25.7 Å². The van der Waals surface area contributed by atoms with E-state index >= 15 is 0 Å².